The fraction of sp³-hybridized carbons (Fsp3) is 0.118. The predicted octanol–water partition coefficient (Wildman–Crippen LogP) is 3.75. The number of hydrazine groups is 1. The number of aromatic nitrogens is 1. The summed E-state index contributed by atoms with van der Waals surface area (Å²) in [4.78, 5) is 4.40. The molecule has 0 spiro atoms. The van der Waals surface area contributed by atoms with Gasteiger partial charge in [-0.3, -0.25) is 10.8 Å². The fourth-order valence-electron chi connectivity index (χ4n) is 2.59. The van der Waals surface area contributed by atoms with Gasteiger partial charge in [-0.2, -0.15) is 0 Å². The highest BCUT2D eigenvalue weighted by Crippen LogP contribution is 2.28. The molecule has 4 heteroatoms. The highest BCUT2D eigenvalue weighted by molar-refractivity contribution is 6.30. The number of pyridine rings is 1. The molecule has 1 aromatic heterocycles. The number of nitrogens with one attached hydrogen (secondary N) is 1. The van der Waals surface area contributed by atoms with Gasteiger partial charge in [0.25, 0.3) is 0 Å². The first-order chi connectivity index (χ1) is 10.2. The summed E-state index contributed by atoms with van der Waals surface area (Å²) in [6.07, 6.45) is 1.80. The van der Waals surface area contributed by atoms with Crippen molar-refractivity contribution in [1.29, 1.82) is 0 Å². The standard InChI is InChI=1S/C17H16ClN3/c1-11-9-14(18)6-7-15(11)17(21-19)13-5-4-12-3-2-8-20-16(12)10-13/h2-10,17,21H,19H2,1H3. The number of halogens is 1. The molecule has 1 heterocycles. The maximum Gasteiger partial charge on any atom is 0.0713 e. The zero-order valence-electron chi connectivity index (χ0n) is 11.7. The van der Waals surface area contributed by atoms with E-state index in [-0.39, 0.29) is 6.04 Å². The SMILES string of the molecule is Cc1cc(Cl)ccc1C(NN)c1ccc2cccnc2c1. The van der Waals surface area contributed by atoms with Crippen LogP contribution < -0.4 is 11.3 Å². The third kappa shape index (κ3) is 2.76. The lowest BCUT2D eigenvalue weighted by atomic mass is 9.95. The molecule has 0 fully saturated rings. The molecule has 1 unspecified atom stereocenters. The Morgan fingerprint density at radius 2 is 2.00 bits per heavy atom. The Kier molecular flexibility index (Phi) is 3.88. The molecule has 21 heavy (non-hydrogen) atoms. The lowest BCUT2D eigenvalue weighted by Crippen LogP contribution is -2.29. The number of fused-ring (bicyclic) bond motifs is 1. The van der Waals surface area contributed by atoms with Crippen LogP contribution in [0, 0.1) is 6.92 Å². The van der Waals surface area contributed by atoms with Gasteiger partial charge in [0, 0.05) is 16.6 Å². The van der Waals surface area contributed by atoms with E-state index < -0.39 is 0 Å². The molecule has 0 bridgehead atoms. The van der Waals surface area contributed by atoms with Crippen molar-refractivity contribution in [1.82, 2.24) is 10.4 Å². The van der Waals surface area contributed by atoms with Crippen LogP contribution >= 0.6 is 11.6 Å². The van der Waals surface area contributed by atoms with E-state index in [0.717, 1.165) is 32.6 Å². The molecule has 106 valence electrons. The summed E-state index contributed by atoms with van der Waals surface area (Å²) in [5.41, 5.74) is 7.14. The quantitative estimate of drug-likeness (QED) is 0.572. The van der Waals surface area contributed by atoms with E-state index in [0.29, 0.717) is 0 Å². The number of nitrogens with zero attached hydrogens (tertiary/aromatic N) is 1. The Hall–Kier alpha value is -1.94. The molecular weight excluding hydrogens is 282 g/mol. The van der Waals surface area contributed by atoms with Crippen LogP contribution in [0.5, 0.6) is 0 Å². The first-order valence-electron chi connectivity index (χ1n) is 6.76. The van der Waals surface area contributed by atoms with E-state index in [4.69, 9.17) is 17.4 Å². The van der Waals surface area contributed by atoms with Crippen LogP contribution in [0.4, 0.5) is 0 Å². The Labute approximate surface area is 128 Å². The van der Waals surface area contributed by atoms with Crippen molar-refractivity contribution in [3.05, 3.63) is 76.4 Å². The zero-order valence-corrected chi connectivity index (χ0v) is 12.4. The summed E-state index contributed by atoms with van der Waals surface area (Å²) in [7, 11) is 0. The second kappa shape index (κ2) is 5.82. The lowest BCUT2D eigenvalue weighted by molar-refractivity contribution is 0.634. The van der Waals surface area contributed by atoms with Gasteiger partial charge in [0.1, 0.15) is 0 Å². The van der Waals surface area contributed by atoms with Gasteiger partial charge >= 0.3 is 0 Å². The van der Waals surface area contributed by atoms with Gasteiger partial charge in [-0.25, -0.2) is 5.43 Å². The summed E-state index contributed by atoms with van der Waals surface area (Å²) >= 11 is 6.03. The van der Waals surface area contributed by atoms with Crippen molar-refractivity contribution in [2.24, 2.45) is 5.84 Å². The van der Waals surface area contributed by atoms with Gasteiger partial charge in [0.05, 0.1) is 11.6 Å². The van der Waals surface area contributed by atoms with Crippen molar-refractivity contribution in [3.63, 3.8) is 0 Å². The third-order valence-corrected chi connectivity index (χ3v) is 3.91. The van der Waals surface area contributed by atoms with Crippen LogP contribution in [-0.4, -0.2) is 4.98 Å². The van der Waals surface area contributed by atoms with Gasteiger partial charge < -0.3 is 0 Å². The van der Waals surface area contributed by atoms with E-state index in [9.17, 15) is 0 Å². The molecule has 0 radical (unpaired) electrons. The number of rotatable bonds is 3. The van der Waals surface area contributed by atoms with Crippen molar-refractivity contribution >= 4 is 22.5 Å². The number of hydrogen-bond donors (Lipinski definition) is 2. The molecule has 0 saturated carbocycles. The number of aryl methyl sites for hydroxylation is 1. The Morgan fingerprint density at radius 3 is 2.76 bits per heavy atom. The summed E-state index contributed by atoms with van der Waals surface area (Å²) in [5, 5.41) is 1.84. The Bertz CT molecular complexity index is 786. The van der Waals surface area contributed by atoms with Crippen molar-refractivity contribution < 1.29 is 0 Å². The molecule has 0 aliphatic heterocycles. The van der Waals surface area contributed by atoms with Gasteiger partial charge in [0.2, 0.25) is 0 Å². The second-order valence-electron chi connectivity index (χ2n) is 5.06. The molecule has 3 aromatic rings. The highest BCUT2D eigenvalue weighted by Gasteiger charge is 2.15. The topological polar surface area (TPSA) is 50.9 Å². The van der Waals surface area contributed by atoms with Crippen LogP contribution in [0.2, 0.25) is 5.02 Å². The molecule has 2 aromatic carbocycles. The summed E-state index contributed by atoms with van der Waals surface area (Å²) in [5.74, 6) is 5.78. The first-order valence-corrected chi connectivity index (χ1v) is 7.13. The number of nitrogens with two attached hydrogens (primary N) is 1. The van der Waals surface area contributed by atoms with Crippen LogP contribution in [0.25, 0.3) is 10.9 Å². The van der Waals surface area contributed by atoms with Crippen LogP contribution in [0.3, 0.4) is 0 Å². The molecule has 3 nitrogen and oxygen atoms in total. The van der Waals surface area contributed by atoms with E-state index in [1.165, 1.54) is 0 Å². The molecule has 1 atom stereocenters. The minimum Gasteiger partial charge on any atom is -0.271 e. The van der Waals surface area contributed by atoms with Crippen molar-refractivity contribution in [2.75, 3.05) is 0 Å². The smallest absolute Gasteiger partial charge is 0.0713 e. The monoisotopic (exact) mass is 297 g/mol. The second-order valence-corrected chi connectivity index (χ2v) is 5.49. The minimum absolute atomic E-state index is 0.0892. The predicted molar refractivity (Wildman–Crippen MR) is 87.1 cm³/mol. The molecule has 3 rings (SSSR count). The van der Waals surface area contributed by atoms with Crippen molar-refractivity contribution in [3.8, 4) is 0 Å². The molecule has 0 saturated heterocycles. The zero-order chi connectivity index (χ0) is 14.8. The molecule has 0 aliphatic rings. The van der Waals surface area contributed by atoms with Crippen molar-refractivity contribution in [2.45, 2.75) is 13.0 Å². The molecule has 3 N–H and O–H groups in total. The number of hydrogen-bond acceptors (Lipinski definition) is 3. The number of benzene rings is 2. The van der Waals surface area contributed by atoms with E-state index in [2.05, 4.69) is 28.6 Å². The third-order valence-electron chi connectivity index (χ3n) is 3.67. The normalized spacial score (nSPS) is 12.5. The fourth-order valence-corrected chi connectivity index (χ4v) is 2.82. The Balaban J connectivity index is 2.09. The summed E-state index contributed by atoms with van der Waals surface area (Å²) in [6, 6.07) is 15.9. The average Bonchev–Trinajstić information content (AvgIpc) is 2.50. The van der Waals surface area contributed by atoms with Gasteiger partial charge in [-0.05, 0) is 47.9 Å². The molecular formula is C17H16ClN3. The van der Waals surface area contributed by atoms with Crippen LogP contribution in [0.1, 0.15) is 22.7 Å². The molecule has 0 amide bonds. The minimum atomic E-state index is -0.0892. The van der Waals surface area contributed by atoms with Crippen LogP contribution in [0.15, 0.2) is 54.7 Å². The summed E-state index contributed by atoms with van der Waals surface area (Å²) in [6.45, 7) is 2.03. The van der Waals surface area contributed by atoms with E-state index >= 15 is 0 Å². The largest absolute Gasteiger partial charge is 0.271 e. The maximum absolute atomic E-state index is 6.03. The first kappa shape index (κ1) is 14.0. The summed E-state index contributed by atoms with van der Waals surface area (Å²) < 4.78 is 0. The van der Waals surface area contributed by atoms with Gasteiger partial charge in [0.15, 0.2) is 0 Å². The van der Waals surface area contributed by atoms with Gasteiger partial charge in [-0.15, -0.1) is 0 Å². The van der Waals surface area contributed by atoms with E-state index in [1.807, 2.05) is 37.3 Å². The van der Waals surface area contributed by atoms with Gasteiger partial charge in [-0.1, -0.05) is 35.9 Å². The molecule has 0 aliphatic carbocycles. The Morgan fingerprint density at radius 1 is 1.14 bits per heavy atom. The van der Waals surface area contributed by atoms with E-state index in [1.54, 1.807) is 6.20 Å². The highest BCUT2D eigenvalue weighted by atomic mass is 35.5. The maximum atomic E-state index is 6.03. The average molecular weight is 298 g/mol. The lowest BCUT2D eigenvalue weighted by Gasteiger charge is -2.19. The van der Waals surface area contributed by atoms with Crippen LogP contribution in [-0.2, 0) is 0 Å².